The van der Waals surface area contributed by atoms with Gasteiger partial charge < -0.3 is 4.90 Å². The minimum Gasteiger partial charge on any atom is -0.311 e. The zero-order valence-electron chi connectivity index (χ0n) is 21.1. The van der Waals surface area contributed by atoms with Crippen molar-refractivity contribution in [2.24, 2.45) is 0 Å². The fraction of sp³-hybridized carbons (Fsp3) is 0. The van der Waals surface area contributed by atoms with Crippen molar-refractivity contribution < 1.29 is 0 Å². The molecule has 0 radical (unpaired) electrons. The maximum atomic E-state index is 9.27. The number of anilines is 3. The van der Waals surface area contributed by atoms with Gasteiger partial charge in [-0.3, -0.25) is 0 Å². The van der Waals surface area contributed by atoms with E-state index in [9.17, 15) is 10.5 Å². The van der Waals surface area contributed by atoms with E-state index in [-0.39, 0.29) is 0 Å². The Hall–Kier alpha value is -5.64. The highest BCUT2D eigenvalue weighted by Crippen LogP contribution is 2.39. The Morgan fingerprint density at radius 3 is 1.23 bits per heavy atom. The zero-order chi connectivity index (χ0) is 26.6. The minimum absolute atomic E-state index is 0.610. The number of nitrogens with zero attached hydrogens (tertiary/aromatic N) is 3. The van der Waals surface area contributed by atoms with Crippen molar-refractivity contribution in [3.63, 3.8) is 0 Å². The van der Waals surface area contributed by atoms with Crippen LogP contribution in [0.15, 0.2) is 140 Å². The number of fused-ring (bicyclic) bond motifs is 1. The molecular formula is C36H23N3. The highest BCUT2D eigenvalue weighted by molar-refractivity contribution is 5.96. The molecule has 0 bridgehead atoms. The fourth-order valence-corrected chi connectivity index (χ4v) is 4.94. The summed E-state index contributed by atoms with van der Waals surface area (Å²) in [4.78, 5) is 2.13. The number of benzene rings is 6. The van der Waals surface area contributed by atoms with E-state index in [0.29, 0.717) is 11.1 Å². The van der Waals surface area contributed by atoms with E-state index >= 15 is 0 Å². The van der Waals surface area contributed by atoms with Crippen LogP contribution in [-0.2, 0) is 0 Å². The lowest BCUT2D eigenvalue weighted by Crippen LogP contribution is -2.09. The van der Waals surface area contributed by atoms with Gasteiger partial charge in [-0.2, -0.15) is 10.5 Å². The van der Waals surface area contributed by atoms with Crippen LogP contribution in [0.4, 0.5) is 17.1 Å². The van der Waals surface area contributed by atoms with Crippen molar-refractivity contribution in [2.45, 2.75) is 0 Å². The quantitative estimate of drug-likeness (QED) is 0.238. The largest absolute Gasteiger partial charge is 0.311 e. The van der Waals surface area contributed by atoms with Crippen LogP contribution in [0.2, 0.25) is 0 Å². The lowest BCUT2D eigenvalue weighted by Gasteiger charge is -2.26. The zero-order valence-corrected chi connectivity index (χ0v) is 21.1. The first kappa shape index (κ1) is 23.7. The average molecular weight is 498 g/mol. The standard InChI is InChI=1S/C36H23N3/c37-24-26-10-16-32(17-11-26)39(33-18-12-27(25-38)13-19-33)34-20-14-29(15-21-34)36-23-31-9-5-4-8-30(31)22-35(36)28-6-2-1-3-7-28/h1-23H. The van der Waals surface area contributed by atoms with Crippen molar-refractivity contribution in [1.29, 1.82) is 10.5 Å². The summed E-state index contributed by atoms with van der Waals surface area (Å²) in [5.41, 5.74) is 8.74. The van der Waals surface area contributed by atoms with Crippen LogP contribution < -0.4 is 4.90 Å². The van der Waals surface area contributed by atoms with Crippen LogP contribution in [0.5, 0.6) is 0 Å². The van der Waals surface area contributed by atoms with Gasteiger partial charge in [-0.1, -0.05) is 66.7 Å². The van der Waals surface area contributed by atoms with E-state index in [1.807, 2.05) is 54.6 Å². The van der Waals surface area contributed by atoms with E-state index < -0.39 is 0 Å². The number of nitriles is 2. The molecule has 0 fully saturated rings. The third-order valence-corrected chi connectivity index (χ3v) is 6.92. The Bertz CT molecular complexity index is 1780. The third kappa shape index (κ3) is 4.74. The third-order valence-electron chi connectivity index (χ3n) is 6.92. The maximum Gasteiger partial charge on any atom is 0.0991 e. The summed E-state index contributed by atoms with van der Waals surface area (Å²) in [7, 11) is 0. The summed E-state index contributed by atoms with van der Waals surface area (Å²) in [5, 5.41) is 21.0. The Balaban J connectivity index is 1.46. The molecule has 3 nitrogen and oxygen atoms in total. The van der Waals surface area contributed by atoms with Crippen molar-refractivity contribution >= 4 is 27.8 Å². The van der Waals surface area contributed by atoms with E-state index in [4.69, 9.17) is 0 Å². The van der Waals surface area contributed by atoms with Crippen molar-refractivity contribution in [2.75, 3.05) is 4.90 Å². The Labute approximate surface area is 228 Å². The average Bonchev–Trinajstić information content (AvgIpc) is 3.02. The second-order valence-electron chi connectivity index (χ2n) is 9.31. The van der Waals surface area contributed by atoms with Gasteiger partial charge in [-0.05, 0) is 106 Å². The Morgan fingerprint density at radius 2 is 0.795 bits per heavy atom. The summed E-state index contributed by atoms with van der Waals surface area (Å²) < 4.78 is 0. The van der Waals surface area contributed by atoms with Crippen molar-refractivity contribution in [1.82, 2.24) is 0 Å². The molecule has 6 rings (SSSR count). The highest BCUT2D eigenvalue weighted by atomic mass is 15.1. The first-order valence-corrected chi connectivity index (χ1v) is 12.7. The van der Waals surface area contributed by atoms with Crippen molar-refractivity contribution in [3.05, 3.63) is 151 Å². The summed E-state index contributed by atoms with van der Waals surface area (Å²) >= 11 is 0. The van der Waals surface area contributed by atoms with Crippen molar-refractivity contribution in [3.8, 4) is 34.4 Å². The van der Waals surface area contributed by atoms with Crippen LogP contribution in [0, 0.1) is 22.7 Å². The van der Waals surface area contributed by atoms with Gasteiger partial charge in [0, 0.05) is 17.1 Å². The number of hydrogen-bond donors (Lipinski definition) is 0. The first-order chi connectivity index (χ1) is 19.2. The first-order valence-electron chi connectivity index (χ1n) is 12.7. The molecule has 0 unspecified atom stereocenters. The number of rotatable bonds is 5. The smallest absolute Gasteiger partial charge is 0.0991 e. The molecule has 0 heterocycles. The molecule has 0 aliphatic heterocycles. The topological polar surface area (TPSA) is 50.8 Å². The van der Waals surface area contributed by atoms with Gasteiger partial charge in [-0.15, -0.1) is 0 Å². The molecule has 6 aromatic rings. The maximum absolute atomic E-state index is 9.27. The molecule has 0 atom stereocenters. The molecule has 0 aromatic heterocycles. The van der Waals surface area contributed by atoms with Gasteiger partial charge in [0.1, 0.15) is 0 Å². The molecule has 6 aromatic carbocycles. The minimum atomic E-state index is 0.610. The predicted octanol–water partition coefficient (Wildman–Crippen LogP) is 9.39. The summed E-state index contributed by atoms with van der Waals surface area (Å²) in [6, 6.07) is 51.5. The van der Waals surface area contributed by atoms with Crippen LogP contribution in [0.25, 0.3) is 33.0 Å². The molecule has 39 heavy (non-hydrogen) atoms. The van der Waals surface area contributed by atoms with Crippen LogP contribution in [-0.4, -0.2) is 0 Å². The molecule has 0 aliphatic carbocycles. The second-order valence-corrected chi connectivity index (χ2v) is 9.31. The van der Waals surface area contributed by atoms with E-state index in [1.165, 1.54) is 27.5 Å². The lowest BCUT2D eigenvalue weighted by molar-refractivity contribution is 1.28. The Morgan fingerprint density at radius 1 is 0.410 bits per heavy atom. The van der Waals surface area contributed by atoms with Crippen LogP contribution in [0.3, 0.4) is 0 Å². The summed E-state index contributed by atoms with van der Waals surface area (Å²) in [6.07, 6.45) is 0. The monoisotopic (exact) mass is 497 g/mol. The molecule has 0 saturated carbocycles. The van der Waals surface area contributed by atoms with Crippen LogP contribution in [0.1, 0.15) is 11.1 Å². The van der Waals surface area contributed by atoms with E-state index in [1.54, 1.807) is 0 Å². The molecule has 0 N–H and O–H groups in total. The van der Waals surface area contributed by atoms with Gasteiger partial charge in [0.15, 0.2) is 0 Å². The molecular weight excluding hydrogens is 474 g/mol. The van der Waals surface area contributed by atoms with Gasteiger partial charge in [0.25, 0.3) is 0 Å². The van der Waals surface area contributed by atoms with Gasteiger partial charge in [0.2, 0.25) is 0 Å². The Kier molecular flexibility index (Phi) is 6.32. The molecule has 182 valence electrons. The fourth-order valence-electron chi connectivity index (χ4n) is 4.94. The van der Waals surface area contributed by atoms with Gasteiger partial charge in [0.05, 0.1) is 23.3 Å². The highest BCUT2D eigenvalue weighted by Gasteiger charge is 2.15. The van der Waals surface area contributed by atoms with Gasteiger partial charge >= 0.3 is 0 Å². The molecule has 0 amide bonds. The lowest BCUT2D eigenvalue weighted by atomic mass is 9.91. The second kappa shape index (κ2) is 10.4. The predicted molar refractivity (Wildman–Crippen MR) is 159 cm³/mol. The molecule has 0 saturated heterocycles. The molecule has 0 aliphatic rings. The molecule has 0 spiro atoms. The SMILES string of the molecule is N#Cc1ccc(N(c2ccc(C#N)cc2)c2ccc(-c3cc4ccccc4cc3-c3ccccc3)cc2)cc1. The molecule has 3 heteroatoms. The van der Waals surface area contributed by atoms with E-state index in [2.05, 4.69) is 102 Å². The normalized spacial score (nSPS) is 10.5. The van der Waals surface area contributed by atoms with Gasteiger partial charge in [-0.25, -0.2) is 0 Å². The van der Waals surface area contributed by atoms with E-state index in [0.717, 1.165) is 22.6 Å². The summed E-state index contributed by atoms with van der Waals surface area (Å²) in [6.45, 7) is 0. The number of hydrogen-bond acceptors (Lipinski definition) is 3. The van der Waals surface area contributed by atoms with Crippen LogP contribution >= 0.6 is 0 Å². The summed E-state index contributed by atoms with van der Waals surface area (Å²) in [5.74, 6) is 0.